The van der Waals surface area contributed by atoms with Crippen LogP contribution in [0.3, 0.4) is 0 Å². The van der Waals surface area contributed by atoms with Crippen LogP contribution in [0.4, 0.5) is 0 Å². The van der Waals surface area contributed by atoms with Gasteiger partial charge >= 0.3 is 0 Å². The lowest BCUT2D eigenvalue weighted by Gasteiger charge is -2.23. The Morgan fingerprint density at radius 3 is 2.68 bits per heavy atom. The van der Waals surface area contributed by atoms with Gasteiger partial charge in [0.05, 0.1) is 12.6 Å². The third-order valence-electron chi connectivity index (χ3n) is 3.20. The SMILES string of the molecule is CO[C@@H](CN(C)CCn1cccn1)c1ccccc1. The topological polar surface area (TPSA) is 30.3 Å². The Kier molecular flexibility index (Phi) is 5.12. The lowest BCUT2D eigenvalue weighted by Crippen LogP contribution is -2.29. The Morgan fingerprint density at radius 1 is 1.26 bits per heavy atom. The van der Waals surface area contributed by atoms with E-state index in [-0.39, 0.29) is 6.10 Å². The van der Waals surface area contributed by atoms with Crippen molar-refractivity contribution in [1.29, 1.82) is 0 Å². The summed E-state index contributed by atoms with van der Waals surface area (Å²) in [6.45, 7) is 2.73. The highest BCUT2D eigenvalue weighted by Crippen LogP contribution is 2.16. The molecule has 1 heterocycles. The molecule has 0 radical (unpaired) electrons. The fourth-order valence-corrected chi connectivity index (χ4v) is 2.06. The van der Waals surface area contributed by atoms with E-state index in [1.165, 1.54) is 5.56 Å². The second-order valence-electron chi connectivity index (χ2n) is 4.67. The molecule has 0 aliphatic rings. The molecule has 0 unspecified atom stereocenters. The molecule has 4 heteroatoms. The average Bonchev–Trinajstić information content (AvgIpc) is 2.97. The zero-order valence-electron chi connectivity index (χ0n) is 11.6. The third kappa shape index (κ3) is 4.19. The predicted molar refractivity (Wildman–Crippen MR) is 75.9 cm³/mol. The molecule has 102 valence electrons. The molecule has 1 aromatic heterocycles. The van der Waals surface area contributed by atoms with E-state index in [1.807, 2.05) is 41.3 Å². The largest absolute Gasteiger partial charge is 0.375 e. The second-order valence-corrected chi connectivity index (χ2v) is 4.67. The van der Waals surface area contributed by atoms with Gasteiger partial charge in [0.25, 0.3) is 0 Å². The van der Waals surface area contributed by atoms with Crippen LogP contribution < -0.4 is 0 Å². The van der Waals surface area contributed by atoms with Crippen LogP contribution in [0.15, 0.2) is 48.8 Å². The van der Waals surface area contributed by atoms with Gasteiger partial charge in [-0.05, 0) is 18.7 Å². The van der Waals surface area contributed by atoms with E-state index in [4.69, 9.17) is 4.74 Å². The summed E-state index contributed by atoms with van der Waals surface area (Å²) in [6, 6.07) is 12.3. The van der Waals surface area contributed by atoms with E-state index < -0.39 is 0 Å². The summed E-state index contributed by atoms with van der Waals surface area (Å²) in [5, 5.41) is 4.20. The number of benzene rings is 1. The molecule has 2 aromatic rings. The molecule has 1 atom stereocenters. The molecule has 0 amide bonds. The minimum atomic E-state index is 0.115. The molecule has 0 fully saturated rings. The van der Waals surface area contributed by atoms with E-state index in [0.717, 1.165) is 19.6 Å². The predicted octanol–water partition coefficient (Wildman–Crippen LogP) is 2.20. The quantitative estimate of drug-likeness (QED) is 0.763. The first-order valence-electron chi connectivity index (χ1n) is 6.53. The number of rotatable bonds is 7. The van der Waals surface area contributed by atoms with Crippen molar-refractivity contribution in [3.8, 4) is 0 Å². The van der Waals surface area contributed by atoms with Crippen LogP contribution >= 0.6 is 0 Å². The molecule has 0 saturated heterocycles. The molecular weight excluding hydrogens is 238 g/mol. The van der Waals surface area contributed by atoms with Crippen molar-refractivity contribution >= 4 is 0 Å². The normalized spacial score (nSPS) is 12.8. The monoisotopic (exact) mass is 259 g/mol. The number of nitrogens with zero attached hydrogens (tertiary/aromatic N) is 3. The Hall–Kier alpha value is -1.65. The standard InChI is InChI=1S/C15H21N3O/c1-17(11-12-18-10-6-9-16-18)13-15(19-2)14-7-4-3-5-8-14/h3-10,15H,11-13H2,1-2H3/t15-/m0/s1. The van der Waals surface area contributed by atoms with Crippen molar-refractivity contribution in [2.75, 3.05) is 27.2 Å². The van der Waals surface area contributed by atoms with Crippen LogP contribution in [-0.4, -0.2) is 41.9 Å². The minimum absolute atomic E-state index is 0.115. The highest BCUT2D eigenvalue weighted by atomic mass is 16.5. The van der Waals surface area contributed by atoms with E-state index in [1.54, 1.807) is 7.11 Å². The molecule has 0 aliphatic heterocycles. The summed E-state index contributed by atoms with van der Waals surface area (Å²) in [7, 11) is 3.87. The van der Waals surface area contributed by atoms with Gasteiger partial charge in [0.15, 0.2) is 0 Å². The zero-order valence-corrected chi connectivity index (χ0v) is 11.6. The van der Waals surface area contributed by atoms with Gasteiger partial charge in [0, 0.05) is 32.6 Å². The average molecular weight is 259 g/mol. The molecule has 0 aliphatic carbocycles. The van der Waals surface area contributed by atoms with Gasteiger partial charge in [-0.1, -0.05) is 30.3 Å². The van der Waals surface area contributed by atoms with E-state index >= 15 is 0 Å². The maximum absolute atomic E-state index is 5.58. The molecule has 2 rings (SSSR count). The number of aromatic nitrogens is 2. The molecule has 19 heavy (non-hydrogen) atoms. The van der Waals surface area contributed by atoms with Crippen molar-refractivity contribution in [3.05, 3.63) is 54.4 Å². The Bertz CT molecular complexity index is 456. The minimum Gasteiger partial charge on any atom is -0.375 e. The van der Waals surface area contributed by atoms with Gasteiger partial charge in [-0.15, -0.1) is 0 Å². The van der Waals surface area contributed by atoms with E-state index in [9.17, 15) is 0 Å². The highest BCUT2D eigenvalue weighted by Gasteiger charge is 2.12. The third-order valence-corrected chi connectivity index (χ3v) is 3.20. The molecule has 0 spiro atoms. The number of likely N-dealkylation sites (N-methyl/N-ethyl adjacent to an activating group) is 1. The summed E-state index contributed by atoms with van der Waals surface area (Å²) in [5.41, 5.74) is 1.22. The summed E-state index contributed by atoms with van der Waals surface area (Å²) in [6.07, 6.45) is 3.91. The molecule has 4 nitrogen and oxygen atoms in total. The van der Waals surface area contributed by atoms with Crippen molar-refractivity contribution in [3.63, 3.8) is 0 Å². The van der Waals surface area contributed by atoms with Crippen LogP contribution in [0, 0.1) is 0 Å². The fraction of sp³-hybridized carbons (Fsp3) is 0.400. The van der Waals surface area contributed by atoms with Crippen molar-refractivity contribution in [1.82, 2.24) is 14.7 Å². The van der Waals surface area contributed by atoms with Gasteiger partial charge in [0.1, 0.15) is 0 Å². The Labute approximate surface area is 114 Å². The van der Waals surface area contributed by atoms with Gasteiger partial charge in [-0.3, -0.25) is 4.68 Å². The van der Waals surface area contributed by atoms with Crippen LogP contribution in [0.1, 0.15) is 11.7 Å². The summed E-state index contributed by atoms with van der Waals surface area (Å²) in [4.78, 5) is 2.27. The van der Waals surface area contributed by atoms with Gasteiger partial charge in [-0.25, -0.2) is 0 Å². The van der Waals surface area contributed by atoms with E-state index in [0.29, 0.717) is 0 Å². The van der Waals surface area contributed by atoms with Crippen LogP contribution in [0.5, 0.6) is 0 Å². The maximum atomic E-state index is 5.58. The molecule has 1 aromatic carbocycles. The Balaban J connectivity index is 1.84. The van der Waals surface area contributed by atoms with Crippen molar-refractivity contribution in [2.24, 2.45) is 0 Å². The summed E-state index contributed by atoms with van der Waals surface area (Å²) >= 11 is 0. The second kappa shape index (κ2) is 7.07. The highest BCUT2D eigenvalue weighted by molar-refractivity contribution is 5.17. The van der Waals surface area contributed by atoms with Crippen LogP contribution in [-0.2, 0) is 11.3 Å². The smallest absolute Gasteiger partial charge is 0.0947 e. The number of hydrogen-bond acceptors (Lipinski definition) is 3. The lowest BCUT2D eigenvalue weighted by molar-refractivity contribution is 0.0704. The molecule has 0 bridgehead atoms. The first-order chi connectivity index (χ1) is 9.29. The lowest BCUT2D eigenvalue weighted by atomic mass is 10.1. The maximum Gasteiger partial charge on any atom is 0.0947 e. The molecule has 0 N–H and O–H groups in total. The summed E-state index contributed by atoms with van der Waals surface area (Å²) in [5.74, 6) is 0. The summed E-state index contributed by atoms with van der Waals surface area (Å²) < 4.78 is 7.53. The van der Waals surface area contributed by atoms with Crippen LogP contribution in [0.25, 0.3) is 0 Å². The fourth-order valence-electron chi connectivity index (χ4n) is 2.06. The number of ether oxygens (including phenoxy) is 1. The number of hydrogen-bond donors (Lipinski definition) is 0. The van der Waals surface area contributed by atoms with Gasteiger partial charge < -0.3 is 9.64 Å². The zero-order chi connectivity index (χ0) is 13.5. The van der Waals surface area contributed by atoms with Crippen molar-refractivity contribution < 1.29 is 4.74 Å². The Morgan fingerprint density at radius 2 is 2.05 bits per heavy atom. The van der Waals surface area contributed by atoms with E-state index in [2.05, 4.69) is 29.2 Å². The number of methoxy groups -OCH3 is 1. The first kappa shape index (κ1) is 13.8. The van der Waals surface area contributed by atoms with Crippen LogP contribution in [0.2, 0.25) is 0 Å². The van der Waals surface area contributed by atoms with Gasteiger partial charge in [0.2, 0.25) is 0 Å². The molecule has 0 saturated carbocycles. The van der Waals surface area contributed by atoms with Crippen molar-refractivity contribution in [2.45, 2.75) is 12.6 Å². The first-order valence-corrected chi connectivity index (χ1v) is 6.53. The molecular formula is C15H21N3O. The van der Waals surface area contributed by atoms with Gasteiger partial charge in [-0.2, -0.15) is 5.10 Å².